The van der Waals surface area contributed by atoms with Crippen molar-refractivity contribution in [3.63, 3.8) is 0 Å². The van der Waals surface area contributed by atoms with Crippen LogP contribution < -0.4 is 5.73 Å². The van der Waals surface area contributed by atoms with Crippen molar-refractivity contribution < 1.29 is 24.2 Å². The molecule has 2 rings (SSSR count). The molecule has 0 aliphatic carbocycles. The van der Waals surface area contributed by atoms with Crippen molar-refractivity contribution in [1.82, 2.24) is 4.90 Å². The highest BCUT2D eigenvalue weighted by Crippen LogP contribution is 2.15. The van der Waals surface area contributed by atoms with E-state index >= 15 is 0 Å². The molecule has 1 aliphatic rings. The molecular weight excluding hydrogens is 267 g/mol. The number of carbonyl (C=O) groups excluding carboxylic acids is 1. The number of halogens is 1. The average molecular weight is 284 g/mol. The third-order valence-corrected chi connectivity index (χ3v) is 2.86. The summed E-state index contributed by atoms with van der Waals surface area (Å²) in [4.78, 5) is 22.4. The van der Waals surface area contributed by atoms with E-state index in [1.807, 2.05) is 0 Å². The van der Waals surface area contributed by atoms with Gasteiger partial charge in [0, 0.05) is 13.1 Å². The van der Waals surface area contributed by atoms with Crippen LogP contribution in [0.4, 0.5) is 9.18 Å². The SMILES string of the molecule is NC(=O)N1CCCCC1.O=C(O)c1ccc(O)c(F)c1. The number of nitrogens with two attached hydrogens (primary N) is 1. The largest absolute Gasteiger partial charge is 0.505 e. The lowest BCUT2D eigenvalue weighted by Gasteiger charge is -2.24. The number of carboxylic acid groups (broad SMARTS) is 1. The third-order valence-electron chi connectivity index (χ3n) is 2.86. The maximum atomic E-state index is 12.4. The second kappa shape index (κ2) is 7.32. The van der Waals surface area contributed by atoms with Gasteiger partial charge in [-0.05, 0) is 37.5 Å². The van der Waals surface area contributed by atoms with Gasteiger partial charge in [0.25, 0.3) is 0 Å². The van der Waals surface area contributed by atoms with E-state index in [0.717, 1.165) is 44.1 Å². The lowest BCUT2D eigenvalue weighted by molar-refractivity contribution is 0.0696. The summed E-state index contributed by atoms with van der Waals surface area (Å²) in [5, 5.41) is 17.0. The molecule has 0 unspecified atom stereocenters. The number of amides is 2. The smallest absolute Gasteiger partial charge is 0.335 e. The van der Waals surface area contributed by atoms with E-state index < -0.39 is 17.5 Å². The molecule has 110 valence electrons. The number of benzene rings is 1. The maximum absolute atomic E-state index is 12.4. The van der Waals surface area contributed by atoms with Crippen LogP contribution >= 0.6 is 0 Å². The van der Waals surface area contributed by atoms with E-state index in [9.17, 15) is 14.0 Å². The van der Waals surface area contributed by atoms with Crippen molar-refractivity contribution in [2.45, 2.75) is 19.3 Å². The number of aromatic carboxylic acids is 1. The second-order valence-electron chi connectivity index (χ2n) is 4.36. The van der Waals surface area contributed by atoms with Crippen molar-refractivity contribution in [2.24, 2.45) is 5.73 Å². The van der Waals surface area contributed by atoms with Crippen LogP contribution in [0.1, 0.15) is 29.6 Å². The summed E-state index contributed by atoms with van der Waals surface area (Å²) in [5.74, 6) is -2.69. The van der Waals surface area contributed by atoms with Crippen LogP contribution in [0.3, 0.4) is 0 Å². The number of carboxylic acids is 1. The van der Waals surface area contributed by atoms with Gasteiger partial charge < -0.3 is 20.8 Å². The zero-order chi connectivity index (χ0) is 15.1. The standard InChI is InChI=1S/C7H5FO3.C6H12N2O/c8-5-3-4(7(10)11)1-2-6(5)9;7-6(9)8-4-2-1-3-5-8/h1-3,9H,(H,10,11);1-5H2,(H2,7,9). The van der Waals surface area contributed by atoms with Crippen LogP contribution in [0.5, 0.6) is 5.75 Å². The average Bonchev–Trinajstić information content (AvgIpc) is 2.43. The number of rotatable bonds is 1. The Morgan fingerprint density at radius 2 is 1.80 bits per heavy atom. The Labute approximate surface area is 115 Å². The van der Waals surface area contributed by atoms with E-state index in [2.05, 4.69) is 0 Å². The quantitative estimate of drug-likeness (QED) is 0.731. The van der Waals surface area contributed by atoms with Crippen molar-refractivity contribution in [3.05, 3.63) is 29.6 Å². The molecule has 0 aromatic heterocycles. The Balaban J connectivity index is 0.000000204. The van der Waals surface area contributed by atoms with Gasteiger partial charge >= 0.3 is 12.0 Å². The van der Waals surface area contributed by atoms with Crippen LogP contribution in [-0.2, 0) is 0 Å². The van der Waals surface area contributed by atoms with Gasteiger partial charge in [-0.15, -0.1) is 0 Å². The number of phenolic OH excluding ortho intramolecular Hbond substituents is 1. The van der Waals surface area contributed by atoms with E-state index in [0.29, 0.717) is 0 Å². The monoisotopic (exact) mass is 284 g/mol. The summed E-state index contributed by atoms with van der Waals surface area (Å²) >= 11 is 0. The number of likely N-dealkylation sites (tertiary alicyclic amines) is 1. The van der Waals surface area contributed by atoms with Gasteiger partial charge in [0.15, 0.2) is 11.6 Å². The Bertz CT molecular complexity index is 487. The van der Waals surface area contributed by atoms with E-state index in [1.165, 1.54) is 6.42 Å². The molecule has 1 aromatic rings. The molecule has 1 saturated heterocycles. The highest BCUT2D eigenvalue weighted by Gasteiger charge is 2.11. The molecule has 0 spiro atoms. The van der Waals surface area contributed by atoms with Crippen molar-refractivity contribution in [3.8, 4) is 5.75 Å². The molecule has 6 nitrogen and oxygen atoms in total. The Morgan fingerprint density at radius 1 is 1.20 bits per heavy atom. The Hall–Kier alpha value is -2.31. The first-order valence-corrected chi connectivity index (χ1v) is 6.18. The van der Waals surface area contributed by atoms with Crippen molar-refractivity contribution in [2.75, 3.05) is 13.1 Å². The molecule has 4 N–H and O–H groups in total. The zero-order valence-electron chi connectivity index (χ0n) is 10.9. The fourth-order valence-corrected chi connectivity index (χ4v) is 1.75. The Kier molecular flexibility index (Phi) is 5.76. The number of hydrogen-bond donors (Lipinski definition) is 3. The van der Waals surface area contributed by atoms with Crippen LogP contribution in [0, 0.1) is 5.82 Å². The fourth-order valence-electron chi connectivity index (χ4n) is 1.75. The molecule has 20 heavy (non-hydrogen) atoms. The van der Waals surface area contributed by atoms with Crippen molar-refractivity contribution in [1.29, 1.82) is 0 Å². The highest BCUT2D eigenvalue weighted by molar-refractivity contribution is 5.87. The molecule has 1 fully saturated rings. The molecule has 7 heteroatoms. The van der Waals surface area contributed by atoms with Gasteiger partial charge in [0.2, 0.25) is 0 Å². The minimum atomic E-state index is -1.22. The topological polar surface area (TPSA) is 104 Å². The lowest BCUT2D eigenvalue weighted by atomic mass is 10.1. The van der Waals surface area contributed by atoms with Gasteiger partial charge in [-0.3, -0.25) is 0 Å². The number of urea groups is 1. The van der Waals surface area contributed by atoms with Crippen LogP contribution in [-0.4, -0.2) is 40.2 Å². The molecule has 1 heterocycles. The summed E-state index contributed by atoms with van der Waals surface area (Å²) in [5.41, 5.74) is 4.87. The fraction of sp³-hybridized carbons (Fsp3) is 0.385. The molecule has 0 atom stereocenters. The minimum Gasteiger partial charge on any atom is -0.505 e. The number of piperidine rings is 1. The lowest BCUT2D eigenvalue weighted by Crippen LogP contribution is -2.39. The summed E-state index contributed by atoms with van der Waals surface area (Å²) in [6, 6.07) is 2.62. The normalized spacial score (nSPS) is 14.2. The predicted octanol–water partition coefficient (Wildman–Crippen LogP) is 1.78. The molecule has 1 aliphatic heterocycles. The predicted molar refractivity (Wildman–Crippen MR) is 70.0 cm³/mol. The number of phenols is 1. The van der Waals surface area contributed by atoms with Gasteiger partial charge in [-0.1, -0.05) is 0 Å². The molecule has 2 amide bonds. The molecule has 0 saturated carbocycles. The number of aromatic hydroxyl groups is 1. The molecule has 0 radical (unpaired) electrons. The van der Waals surface area contributed by atoms with Gasteiger partial charge in [-0.2, -0.15) is 0 Å². The summed E-state index contributed by atoms with van der Waals surface area (Å²) in [6.45, 7) is 1.71. The zero-order valence-corrected chi connectivity index (χ0v) is 10.9. The second-order valence-corrected chi connectivity index (χ2v) is 4.36. The van der Waals surface area contributed by atoms with E-state index in [-0.39, 0.29) is 11.6 Å². The van der Waals surface area contributed by atoms with Gasteiger partial charge in [-0.25, -0.2) is 14.0 Å². The van der Waals surface area contributed by atoms with Crippen LogP contribution in [0.25, 0.3) is 0 Å². The van der Waals surface area contributed by atoms with Crippen LogP contribution in [0.2, 0.25) is 0 Å². The summed E-state index contributed by atoms with van der Waals surface area (Å²) in [6.07, 6.45) is 3.47. The summed E-state index contributed by atoms with van der Waals surface area (Å²) in [7, 11) is 0. The number of hydrogen-bond acceptors (Lipinski definition) is 3. The summed E-state index contributed by atoms with van der Waals surface area (Å²) < 4.78 is 12.4. The third kappa shape index (κ3) is 4.75. The first-order valence-electron chi connectivity index (χ1n) is 6.18. The van der Waals surface area contributed by atoms with E-state index in [1.54, 1.807) is 4.90 Å². The van der Waals surface area contributed by atoms with Crippen LogP contribution in [0.15, 0.2) is 18.2 Å². The first kappa shape index (κ1) is 15.7. The van der Waals surface area contributed by atoms with Crippen molar-refractivity contribution >= 4 is 12.0 Å². The number of nitrogens with zero attached hydrogens (tertiary/aromatic N) is 1. The number of carbonyl (C=O) groups is 2. The van der Waals surface area contributed by atoms with Gasteiger partial charge in [0.1, 0.15) is 0 Å². The molecule has 1 aromatic carbocycles. The van der Waals surface area contributed by atoms with E-state index in [4.69, 9.17) is 15.9 Å². The first-order chi connectivity index (χ1) is 9.41. The molecule has 0 bridgehead atoms. The molecular formula is C13H17FN2O4. The van der Waals surface area contributed by atoms with Gasteiger partial charge in [0.05, 0.1) is 5.56 Å². The minimum absolute atomic E-state index is 0.180. The Morgan fingerprint density at radius 3 is 2.20 bits per heavy atom. The maximum Gasteiger partial charge on any atom is 0.335 e. The number of primary amides is 1. The highest BCUT2D eigenvalue weighted by atomic mass is 19.1.